The number of hydrogen-bond acceptors (Lipinski definition) is 0. The highest BCUT2D eigenvalue weighted by Crippen LogP contribution is 2.48. The predicted octanol–water partition coefficient (Wildman–Crippen LogP) is 8.18. The molecule has 1 aliphatic carbocycles. The van der Waals surface area contributed by atoms with E-state index in [1.54, 1.807) is 0 Å². The van der Waals surface area contributed by atoms with Crippen molar-refractivity contribution in [2.75, 3.05) is 0 Å². The molecule has 0 aliphatic heterocycles. The largest absolute Gasteiger partial charge is 0.205 e. The molecule has 3 aromatic rings. The summed E-state index contributed by atoms with van der Waals surface area (Å²) in [5.74, 6) is 0. The molecule has 0 atom stereocenters. The maximum absolute atomic E-state index is 2.44. The van der Waals surface area contributed by atoms with Crippen molar-refractivity contribution < 1.29 is 9.13 Å². The number of unbranched alkanes of at least 4 members (excludes halogenated alkanes) is 8. The summed E-state index contributed by atoms with van der Waals surface area (Å²) in [5.41, 5.74) is 8.40. The molecule has 0 saturated carbocycles. The summed E-state index contributed by atoms with van der Waals surface area (Å²) in [6, 6.07) is 14.0. The first-order valence-corrected chi connectivity index (χ1v) is 14.2. The monoisotopic (exact) mass is 470 g/mol. The summed E-state index contributed by atoms with van der Waals surface area (Å²) in [6.07, 6.45) is 22.5. The minimum atomic E-state index is 0.0269. The van der Waals surface area contributed by atoms with Gasteiger partial charge in [-0.25, -0.2) is 9.13 Å². The Bertz CT molecular complexity index is 1090. The van der Waals surface area contributed by atoms with Gasteiger partial charge in [0.05, 0.1) is 0 Å². The third-order valence-corrected chi connectivity index (χ3v) is 7.94. The van der Waals surface area contributed by atoms with Crippen molar-refractivity contribution in [3.8, 4) is 22.3 Å². The quantitative estimate of drug-likeness (QED) is 0.176. The van der Waals surface area contributed by atoms with E-state index in [1.165, 1.54) is 97.6 Å². The summed E-state index contributed by atoms with van der Waals surface area (Å²) in [6.45, 7) is 11.6. The molecule has 0 spiro atoms. The number of benzene rings is 1. The molecule has 2 aromatic heterocycles. The van der Waals surface area contributed by atoms with Gasteiger partial charge in [0, 0.05) is 42.0 Å². The molecule has 0 bridgehead atoms. The highest BCUT2D eigenvalue weighted by Gasteiger charge is 2.37. The van der Waals surface area contributed by atoms with Crippen LogP contribution < -0.4 is 9.13 Å². The van der Waals surface area contributed by atoms with E-state index in [4.69, 9.17) is 0 Å². The Morgan fingerprint density at radius 2 is 1.14 bits per heavy atom. The number of aryl methyl sites for hydroxylation is 2. The van der Waals surface area contributed by atoms with Gasteiger partial charge in [-0.3, -0.25) is 0 Å². The first-order chi connectivity index (χ1) is 17.0. The van der Waals surface area contributed by atoms with Crippen LogP contribution in [-0.4, -0.2) is 0 Å². The molecule has 1 aliphatic rings. The minimum absolute atomic E-state index is 0.0269. The van der Waals surface area contributed by atoms with Crippen LogP contribution in [0.15, 0.2) is 61.2 Å². The summed E-state index contributed by atoms with van der Waals surface area (Å²) in [4.78, 5) is 0. The predicted molar refractivity (Wildman–Crippen MR) is 147 cm³/mol. The SMILES string of the molecule is CCCCCCC[n+]1ccc(-c2ccc3c(c2)C(C)(C)c2c[n+](CCCCCCC)ccc2-3)cc1. The fourth-order valence-electron chi connectivity index (χ4n) is 5.63. The zero-order valence-electron chi connectivity index (χ0n) is 22.7. The first-order valence-electron chi connectivity index (χ1n) is 14.2. The molecule has 2 heteroatoms. The van der Waals surface area contributed by atoms with Crippen molar-refractivity contribution in [3.05, 3.63) is 72.3 Å². The molecule has 0 N–H and O–H groups in total. The molecule has 0 fully saturated rings. The standard InChI is InChI=1S/C33H46N2/c1-5-7-9-11-13-20-34-22-17-27(18-23-34)28-15-16-29-30-19-24-35(21-14-12-10-8-6-2)26-32(30)33(3,4)31(29)25-28/h15-19,22-26H,5-14,20-21H2,1-4H3/q+2. The van der Waals surface area contributed by atoms with Crippen molar-refractivity contribution in [1.29, 1.82) is 0 Å². The van der Waals surface area contributed by atoms with E-state index in [1.807, 2.05) is 0 Å². The van der Waals surface area contributed by atoms with E-state index < -0.39 is 0 Å². The maximum Gasteiger partial charge on any atom is 0.173 e. The number of aromatic nitrogens is 2. The smallest absolute Gasteiger partial charge is 0.173 e. The molecular formula is C33H46N2+2. The molecular weight excluding hydrogens is 424 g/mol. The third kappa shape index (κ3) is 6.02. The molecule has 1 aromatic carbocycles. The van der Waals surface area contributed by atoms with Gasteiger partial charge < -0.3 is 0 Å². The topological polar surface area (TPSA) is 7.76 Å². The highest BCUT2D eigenvalue weighted by atomic mass is 14.9. The normalized spacial score (nSPS) is 13.6. The lowest BCUT2D eigenvalue weighted by molar-refractivity contribution is -0.697. The third-order valence-electron chi connectivity index (χ3n) is 7.94. The van der Waals surface area contributed by atoms with Crippen LogP contribution in [0.25, 0.3) is 22.3 Å². The van der Waals surface area contributed by atoms with Crippen LogP contribution in [0.5, 0.6) is 0 Å². The van der Waals surface area contributed by atoms with Crippen LogP contribution >= 0.6 is 0 Å². The van der Waals surface area contributed by atoms with E-state index in [-0.39, 0.29) is 5.41 Å². The fourth-order valence-corrected chi connectivity index (χ4v) is 5.63. The Morgan fingerprint density at radius 3 is 1.80 bits per heavy atom. The van der Waals surface area contributed by atoms with Gasteiger partial charge >= 0.3 is 0 Å². The number of pyridine rings is 2. The molecule has 2 nitrogen and oxygen atoms in total. The fraction of sp³-hybridized carbons (Fsp3) is 0.515. The van der Waals surface area contributed by atoms with Gasteiger partial charge in [0.1, 0.15) is 13.1 Å². The van der Waals surface area contributed by atoms with Crippen LogP contribution in [0, 0.1) is 0 Å². The minimum Gasteiger partial charge on any atom is -0.205 e. The van der Waals surface area contributed by atoms with Gasteiger partial charge in [-0.1, -0.05) is 78.4 Å². The number of nitrogens with zero attached hydrogens (tertiary/aromatic N) is 2. The number of hydrogen-bond donors (Lipinski definition) is 0. The second kappa shape index (κ2) is 12.0. The van der Waals surface area contributed by atoms with Gasteiger partial charge in [-0.2, -0.15) is 0 Å². The van der Waals surface area contributed by atoms with Gasteiger partial charge in [0.15, 0.2) is 24.8 Å². The molecule has 0 amide bonds. The Morgan fingerprint density at radius 1 is 0.571 bits per heavy atom. The lowest BCUT2D eigenvalue weighted by Gasteiger charge is -2.20. The van der Waals surface area contributed by atoms with Crippen molar-refractivity contribution in [2.45, 2.75) is 110 Å². The van der Waals surface area contributed by atoms with Crippen molar-refractivity contribution in [1.82, 2.24) is 0 Å². The summed E-state index contributed by atoms with van der Waals surface area (Å²) in [5, 5.41) is 0. The van der Waals surface area contributed by atoms with Crippen molar-refractivity contribution in [2.24, 2.45) is 0 Å². The molecule has 4 rings (SSSR count). The Balaban J connectivity index is 1.46. The highest BCUT2D eigenvalue weighted by molar-refractivity contribution is 5.82. The average molecular weight is 471 g/mol. The Labute approximate surface area is 214 Å². The Kier molecular flexibility index (Phi) is 8.76. The lowest BCUT2D eigenvalue weighted by atomic mass is 9.82. The maximum atomic E-state index is 2.44. The van der Waals surface area contributed by atoms with Gasteiger partial charge in [0.25, 0.3) is 0 Å². The van der Waals surface area contributed by atoms with E-state index in [0.717, 1.165) is 13.1 Å². The van der Waals surface area contributed by atoms with Gasteiger partial charge in [-0.15, -0.1) is 0 Å². The second-order valence-electron chi connectivity index (χ2n) is 11.0. The molecule has 0 saturated heterocycles. The molecule has 2 heterocycles. The van der Waals surface area contributed by atoms with Crippen molar-refractivity contribution in [3.63, 3.8) is 0 Å². The molecule has 0 unspecified atom stereocenters. The van der Waals surface area contributed by atoms with Crippen LogP contribution in [0.3, 0.4) is 0 Å². The average Bonchev–Trinajstić information content (AvgIpc) is 3.10. The molecule has 186 valence electrons. The van der Waals surface area contributed by atoms with Gasteiger partial charge in [-0.05, 0) is 46.7 Å². The van der Waals surface area contributed by atoms with Crippen molar-refractivity contribution >= 4 is 0 Å². The van der Waals surface area contributed by atoms with E-state index in [0.29, 0.717) is 0 Å². The van der Waals surface area contributed by atoms with Crippen LogP contribution in [0.4, 0.5) is 0 Å². The Hall–Kier alpha value is -2.48. The van der Waals surface area contributed by atoms with Crippen LogP contribution in [0.1, 0.15) is 103 Å². The number of fused-ring (bicyclic) bond motifs is 3. The summed E-state index contributed by atoms with van der Waals surface area (Å²) in [7, 11) is 0. The molecule has 35 heavy (non-hydrogen) atoms. The van der Waals surface area contributed by atoms with Crippen LogP contribution in [0.2, 0.25) is 0 Å². The zero-order chi connectivity index (χ0) is 24.7. The lowest BCUT2D eigenvalue weighted by Crippen LogP contribution is -2.34. The number of rotatable bonds is 13. The van der Waals surface area contributed by atoms with Crippen LogP contribution in [-0.2, 0) is 18.5 Å². The molecule has 0 radical (unpaired) electrons. The first kappa shape index (κ1) is 25.6. The van der Waals surface area contributed by atoms with Gasteiger partial charge in [0.2, 0.25) is 0 Å². The summed E-state index contributed by atoms with van der Waals surface area (Å²) >= 11 is 0. The second-order valence-corrected chi connectivity index (χ2v) is 11.0. The van der Waals surface area contributed by atoms with E-state index >= 15 is 0 Å². The van der Waals surface area contributed by atoms with E-state index in [2.05, 4.69) is 98.0 Å². The van der Waals surface area contributed by atoms with E-state index in [9.17, 15) is 0 Å². The zero-order valence-corrected chi connectivity index (χ0v) is 22.7. The summed E-state index contributed by atoms with van der Waals surface area (Å²) < 4.78 is 4.75.